The van der Waals surface area contributed by atoms with Crippen LogP contribution in [0.15, 0.2) is 16.8 Å². The van der Waals surface area contributed by atoms with Crippen molar-refractivity contribution < 1.29 is 8.42 Å². The summed E-state index contributed by atoms with van der Waals surface area (Å²) in [6.07, 6.45) is 0.593. The number of hydrogen-bond acceptors (Lipinski definition) is 4. The zero-order valence-electron chi connectivity index (χ0n) is 8.14. The molecule has 2 N–H and O–H groups in total. The Morgan fingerprint density at radius 2 is 2.29 bits per heavy atom. The van der Waals surface area contributed by atoms with Gasteiger partial charge in [-0.15, -0.1) is 0 Å². The SMILES string of the molecule is CC(CN)S(=O)(=O)CCc1ccsc1. The summed E-state index contributed by atoms with van der Waals surface area (Å²) >= 11 is 1.58. The summed E-state index contributed by atoms with van der Waals surface area (Å²) < 4.78 is 23.2. The van der Waals surface area contributed by atoms with E-state index in [-0.39, 0.29) is 12.3 Å². The van der Waals surface area contributed by atoms with Crippen molar-refractivity contribution in [3.8, 4) is 0 Å². The monoisotopic (exact) mass is 233 g/mol. The van der Waals surface area contributed by atoms with Gasteiger partial charge in [-0.25, -0.2) is 8.42 Å². The Morgan fingerprint density at radius 1 is 1.57 bits per heavy atom. The molecular weight excluding hydrogens is 218 g/mol. The molecule has 0 aromatic carbocycles. The lowest BCUT2D eigenvalue weighted by Gasteiger charge is -2.09. The molecule has 0 aliphatic heterocycles. The van der Waals surface area contributed by atoms with Crippen LogP contribution in [0.3, 0.4) is 0 Å². The summed E-state index contributed by atoms with van der Waals surface area (Å²) in [6, 6.07) is 1.95. The zero-order chi connectivity index (χ0) is 10.6. The molecule has 0 aliphatic rings. The van der Waals surface area contributed by atoms with Gasteiger partial charge in [-0.3, -0.25) is 0 Å². The van der Waals surface area contributed by atoms with E-state index in [2.05, 4.69) is 0 Å². The van der Waals surface area contributed by atoms with E-state index in [4.69, 9.17) is 5.73 Å². The lowest BCUT2D eigenvalue weighted by molar-refractivity contribution is 0.583. The quantitative estimate of drug-likeness (QED) is 0.827. The molecule has 80 valence electrons. The minimum absolute atomic E-state index is 0.197. The van der Waals surface area contributed by atoms with Crippen molar-refractivity contribution in [1.82, 2.24) is 0 Å². The van der Waals surface area contributed by atoms with Crippen LogP contribution < -0.4 is 5.73 Å². The molecule has 0 spiro atoms. The maximum absolute atomic E-state index is 11.6. The second-order valence-corrected chi connectivity index (χ2v) is 6.61. The summed E-state index contributed by atoms with van der Waals surface area (Å²) in [7, 11) is -3.01. The van der Waals surface area contributed by atoms with E-state index in [0.29, 0.717) is 6.42 Å². The van der Waals surface area contributed by atoms with Crippen LogP contribution in [-0.2, 0) is 16.3 Å². The molecule has 0 saturated heterocycles. The number of aryl methyl sites for hydroxylation is 1. The molecular formula is C9H15NO2S2. The topological polar surface area (TPSA) is 60.2 Å². The van der Waals surface area contributed by atoms with Gasteiger partial charge in [0, 0.05) is 6.54 Å². The van der Waals surface area contributed by atoms with Gasteiger partial charge in [-0.05, 0) is 35.7 Å². The third-order valence-corrected chi connectivity index (χ3v) is 5.12. The first kappa shape index (κ1) is 11.7. The van der Waals surface area contributed by atoms with Crippen LogP contribution in [0.5, 0.6) is 0 Å². The van der Waals surface area contributed by atoms with E-state index >= 15 is 0 Å². The van der Waals surface area contributed by atoms with Crippen LogP contribution in [0.1, 0.15) is 12.5 Å². The Morgan fingerprint density at radius 3 is 2.79 bits per heavy atom. The van der Waals surface area contributed by atoms with E-state index < -0.39 is 15.1 Å². The number of rotatable bonds is 5. The Kier molecular flexibility index (Phi) is 4.10. The molecule has 0 aliphatic carbocycles. The van der Waals surface area contributed by atoms with Gasteiger partial charge in [0.15, 0.2) is 9.84 Å². The lowest BCUT2D eigenvalue weighted by atomic mass is 10.3. The van der Waals surface area contributed by atoms with Crippen molar-refractivity contribution >= 4 is 21.2 Å². The summed E-state index contributed by atoms with van der Waals surface area (Å²) in [6.45, 7) is 1.86. The fourth-order valence-corrected chi connectivity index (χ4v) is 2.96. The molecule has 1 atom stereocenters. The second-order valence-electron chi connectivity index (χ2n) is 3.29. The summed E-state index contributed by atoms with van der Waals surface area (Å²) in [5.74, 6) is 0.197. The molecule has 0 bridgehead atoms. The second kappa shape index (κ2) is 4.91. The van der Waals surface area contributed by atoms with E-state index in [1.165, 1.54) is 0 Å². The molecule has 14 heavy (non-hydrogen) atoms. The summed E-state index contributed by atoms with van der Waals surface area (Å²) in [5, 5.41) is 3.50. The molecule has 5 heteroatoms. The molecule has 1 heterocycles. The van der Waals surface area contributed by atoms with Crippen LogP contribution >= 0.6 is 11.3 Å². The average Bonchev–Trinajstić information content (AvgIpc) is 2.66. The maximum atomic E-state index is 11.6. The van der Waals surface area contributed by atoms with Crippen LogP contribution in [-0.4, -0.2) is 26.0 Å². The van der Waals surface area contributed by atoms with Gasteiger partial charge in [-0.2, -0.15) is 11.3 Å². The van der Waals surface area contributed by atoms with Crippen molar-refractivity contribution in [3.63, 3.8) is 0 Å². The van der Waals surface area contributed by atoms with E-state index in [0.717, 1.165) is 5.56 Å². The first-order chi connectivity index (χ1) is 6.56. The van der Waals surface area contributed by atoms with Crippen LogP contribution in [0.25, 0.3) is 0 Å². The highest BCUT2D eigenvalue weighted by Crippen LogP contribution is 2.09. The Bertz CT molecular complexity index is 356. The van der Waals surface area contributed by atoms with Crippen molar-refractivity contribution in [2.75, 3.05) is 12.3 Å². The van der Waals surface area contributed by atoms with Gasteiger partial charge >= 0.3 is 0 Å². The largest absolute Gasteiger partial charge is 0.329 e. The van der Waals surface area contributed by atoms with Crippen molar-refractivity contribution in [2.45, 2.75) is 18.6 Å². The van der Waals surface area contributed by atoms with E-state index in [1.54, 1.807) is 18.3 Å². The van der Waals surface area contributed by atoms with Gasteiger partial charge in [0.05, 0.1) is 11.0 Å². The van der Waals surface area contributed by atoms with Crippen LogP contribution in [0.4, 0.5) is 0 Å². The minimum atomic E-state index is -3.01. The molecule has 0 amide bonds. The highest BCUT2D eigenvalue weighted by Gasteiger charge is 2.18. The molecule has 1 unspecified atom stereocenters. The normalized spacial score (nSPS) is 14.1. The van der Waals surface area contributed by atoms with Crippen molar-refractivity contribution in [3.05, 3.63) is 22.4 Å². The summed E-state index contributed by atoms with van der Waals surface area (Å²) in [4.78, 5) is 0. The van der Waals surface area contributed by atoms with Crippen LogP contribution in [0, 0.1) is 0 Å². The fourth-order valence-electron chi connectivity index (χ4n) is 1.04. The van der Waals surface area contributed by atoms with Crippen molar-refractivity contribution in [2.24, 2.45) is 5.73 Å². The van der Waals surface area contributed by atoms with Gasteiger partial charge in [-0.1, -0.05) is 0 Å². The minimum Gasteiger partial charge on any atom is -0.329 e. The standard InChI is InChI=1S/C9H15NO2S2/c1-8(6-10)14(11,12)5-3-9-2-4-13-7-9/h2,4,7-8H,3,5-6,10H2,1H3. The molecule has 3 nitrogen and oxygen atoms in total. The van der Waals surface area contributed by atoms with Gasteiger partial charge in [0.25, 0.3) is 0 Å². The van der Waals surface area contributed by atoms with Crippen molar-refractivity contribution in [1.29, 1.82) is 0 Å². The van der Waals surface area contributed by atoms with Gasteiger partial charge in [0.2, 0.25) is 0 Å². The first-order valence-corrected chi connectivity index (χ1v) is 7.15. The molecule has 1 rings (SSSR count). The third kappa shape index (κ3) is 3.08. The molecule has 1 aromatic rings. The fraction of sp³-hybridized carbons (Fsp3) is 0.556. The predicted octanol–water partition coefficient (Wildman–Crippen LogP) is 1.05. The Balaban J connectivity index is 2.53. The lowest BCUT2D eigenvalue weighted by Crippen LogP contribution is -2.29. The average molecular weight is 233 g/mol. The van der Waals surface area contributed by atoms with E-state index in [9.17, 15) is 8.42 Å². The first-order valence-electron chi connectivity index (χ1n) is 4.49. The number of hydrogen-bond donors (Lipinski definition) is 1. The Labute approximate surface area is 88.9 Å². The molecule has 0 radical (unpaired) electrons. The van der Waals surface area contributed by atoms with Gasteiger partial charge < -0.3 is 5.73 Å². The molecule has 0 fully saturated rings. The van der Waals surface area contributed by atoms with Crippen LogP contribution in [0.2, 0.25) is 0 Å². The summed E-state index contributed by atoms with van der Waals surface area (Å²) in [5.41, 5.74) is 6.42. The maximum Gasteiger partial charge on any atom is 0.154 e. The highest BCUT2D eigenvalue weighted by atomic mass is 32.2. The highest BCUT2D eigenvalue weighted by molar-refractivity contribution is 7.92. The molecule has 0 saturated carbocycles. The molecule has 1 aromatic heterocycles. The number of thiophene rings is 1. The Hall–Kier alpha value is -0.390. The number of nitrogens with two attached hydrogens (primary N) is 1. The smallest absolute Gasteiger partial charge is 0.154 e. The van der Waals surface area contributed by atoms with E-state index in [1.807, 2.05) is 16.8 Å². The third-order valence-electron chi connectivity index (χ3n) is 2.20. The zero-order valence-corrected chi connectivity index (χ0v) is 9.77. The van der Waals surface area contributed by atoms with Gasteiger partial charge in [0.1, 0.15) is 0 Å². The number of sulfone groups is 1. The predicted molar refractivity (Wildman–Crippen MR) is 60.3 cm³/mol.